The summed E-state index contributed by atoms with van der Waals surface area (Å²) in [5.41, 5.74) is 1.18. The molecule has 1 unspecified atom stereocenters. The van der Waals surface area contributed by atoms with E-state index in [1.165, 1.54) is 18.4 Å². The SMILES string of the molecule is O=S(CCCNC1CC1)Cc1ccccc1. The summed E-state index contributed by atoms with van der Waals surface area (Å²) in [5, 5.41) is 3.44. The van der Waals surface area contributed by atoms with Gasteiger partial charge >= 0.3 is 0 Å². The fourth-order valence-electron chi connectivity index (χ4n) is 1.66. The van der Waals surface area contributed by atoms with E-state index in [-0.39, 0.29) is 0 Å². The molecule has 1 aromatic rings. The van der Waals surface area contributed by atoms with Crippen LogP contribution in [0.15, 0.2) is 30.3 Å². The third kappa shape index (κ3) is 4.45. The predicted octanol–water partition coefficient (Wildman–Crippen LogP) is 2.08. The molecule has 1 N–H and O–H groups in total. The topological polar surface area (TPSA) is 29.1 Å². The first-order valence-electron chi connectivity index (χ1n) is 5.97. The van der Waals surface area contributed by atoms with Gasteiger partial charge in [0.1, 0.15) is 0 Å². The molecule has 0 radical (unpaired) electrons. The van der Waals surface area contributed by atoms with Crippen LogP contribution < -0.4 is 5.32 Å². The predicted molar refractivity (Wildman–Crippen MR) is 68.8 cm³/mol. The normalized spacial score (nSPS) is 17.2. The van der Waals surface area contributed by atoms with E-state index in [9.17, 15) is 4.21 Å². The molecule has 0 aliphatic heterocycles. The van der Waals surface area contributed by atoms with Crippen LogP contribution in [0.25, 0.3) is 0 Å². The minimum atomic E-state index is -0.705. The Bertz CT molecular complexity index is 335. The van der Waals surface area contributed by atoms with E-state index in [2.05, 4.69) is 5.32 Å². The van der Waals surface area contributed by atoms with Crippen molar-refractivity contribution < 1.29 is 4.21 Å². The molecule has 1 fully saturated rings. The lowest BCUT2D eigenvalue weighted by Gasteiger charge is -2.03. The van der Waals surface area contributed by atoms with Crippen LogP contribution in [0.3, 0.4) is 0 Å². The lowest BCUT2D eigenvalue weighted by Crippen LogP contribution is -2.19. The summed E-state index contributed by atoms with van der Waals surface area (Å²) in [6, 6.07) is 10.8. The van der Waals surface area contributed by atoms with Crippen LogP contribution in [0.4, 0.5) is 0 Å². The first kappa shape index (κ1) is 11.8. The van der Waals surface area contributed by atoms with Crippen molar-refractivity contribution in [3.63, 3.8) is 0 Å². The maximum atomic E-state index is 11.8. The molecule has 0 aromatic heterocycles. The third-order valence-electron chi connectivity index (χ3n) is 2.73. The van der Waals surface area contributed by atoms with Gasteiger partial charge in [0, 0.05) is 28.3 Å². The minimum absolute atomic E-state index is 0.699. The summed E-state index contributed by atoms with van der Waals surface area (Å²) >= 11 is 0. The van der Waals surface area contributed by atoms with Crippen LogP contribution in [0, 0.1) is 0 Å². The van der Waals surface area contributed by atoms with Gasteiger partial charge in [-0.05, 0) is 31.4 Å². The van der Waals surface area contributed by atoms with Crippen LogP contribution in [0.1, 0.15) is 24.8 Å². The van der Waals surface area contributed by atoms with Crippen molar-refractivity contribution in [1.82, 2.24) is 5.32 Å². The third-order valence-corrected chi connectivity index (χ3v) is 4.13. The number of rotatable bonds is 7. The smallest absolute Gasteiger partial charge is 0.0485 e. The summed E-state index contributed by atoms with van der Waals surface area (Å²) in [6.07, 6.45) is 3.68. The number of hydrogen-bond acceptors (Lipinski definition) is 2. The van der Waals surface area contributed by atoms with E-state index in [0.717, 1.165) is 24.8 Å². The molecule has 2 nitrogen and oxygen atoms in total. The van der Waals surface area contributed by atoms with Crippen molar-refractivity contribution in [3.8, 4) is 0 Å². The molecule has 16 heavy (non-hydrogen) atoms. The van der Waals surface area contributed by atoms with Crippen molar-refractivity contribution in [2.45, 2.75) is 31.1 Å². The van der Waals surface area contributed by atoms with Crippen molar-refractivity contribution in [3.05, 3.63) is 35.9 Å². The summed E-state index contributed by atoms with van der Waals surface area (Å²) in [4.78, 5) is 0. The largest absolute Gasteiger partial charge is 0.314 e. The molecular formula is C13H19NOS. The Morgan fingerprint density at radius 2 is 2.00 bits per heavy atom. The number of benzene rings is 1. The van der Waals surface area contributed by atoms with Crippen molar-refractivity contribution in [1.29, 1.82) is 0 Å². The summed E-state index contributed by atoms with van der Waals surface area (Å²) < 4.78 is 11.8. The Balaban J connectivity index is 1.60. The first-order valence-corrected chi connectivity index (χ1v) is 7.46. The maximum absolute atomic E-state index is 11.8. The Hall–Kier alpha value is -0.670. The lowest BCUT2D eigenvalue weighted by atomic mass is 10.2. The quantitative estimate of drug-likeness (QED) is 0.736. The lowest BCUT2D eigenvalue weighted by molar-refractivity contribution is 0.657. The van der Waals surface area contributed by atoms with Gasteiger partial charge < -0.3 is 5.32 Å². The van der Waals surface area contributed by atoms with Crippen molar-refractivity contribution >= 4 is 10.8 Å². The van der Waals surface area contributed by atoms with Gasteiger partial charge in [-0.25, -0.2) is 0 Å². The number of hydrogen-bond donors (Lipinski definition) is 1. The minimum Gasteiger partial charge on any atom is -0.314 e. The van der Waals surface area contributed by atoms with E-state index in [1.54, 1.807) is 0 Å². The van der Waals surface area contributed by atoms with Crippen LogP contribution in [-0.2, 0) is 16.6 Å². The standard InChI is InChI=1S/C13H19NOS/c15-16(10-4-9-14-13-7-8-13)11-12-5-2-1-3-6-12/h1-3,5-6,13-14H,4,7-11H2. The molecule has 0 heterocycles. The molecule has 1 atom stereocenters. The maximum Gasteiger partial charge on any atom is 0.0485 e. The highest BCUT2D eigenvalue weighted by Crippen LogP contribution is 2.18. The molecule has 0 saturated heterocycles. The second kappa shape index (κ2) is 6.16. The van der Waals surface area contributed by atoms with Crippen molar-refractivity contribution in [2.24, 2.45) is 0 Å². The van der Waals surface area contributed by atoms with E-state index in [0.29, 0.717) is 5.75 Å². The molecule has 1 aromatic carbocycles. The Morgan fingerprint density at radius 3 is 2.69 bits per heavy atom. The van der Waals surface area contributed by atoms with Gasteiger partial charge in [-0.3, -0.25) is 4.21 Å². The molecule has 0 bridgehead atoms. The van der Waals surface area contributed by atoms with Gasteiger partial charge in [0.05, 0.1) is 0 Å². The second-order valence-corrected chi connectivity index (χ2v) is 5.93. The average molecular weight is 237 g/mol. The fourth-order valence-corrected chi connectivity index (χ4v) is 2.83. The molecule has 2 rings (SSSR count). The highest BCUT2D eigenvalue weighted by molar-refractivity contribution is 7.84. The van der Waals surface area contributed by atoms with Gasteiger partial charge in [-0.15, -0.1) is 0 Å². The van der Waals surface area contributed by atoms with Gasteiger partial charge in [-0.2, -0.15) is 0 Å². The molecule has 1 aliphatic carbocycles. The van der Waals surface area contributed by atoms with Gasteiger partial charge in [0.2, 0.25) is 0 Å². The zero-order valence-electron chi connectivity index (χ0n) is 9.52. The molecule has 88 valence electrons. The van der Waals surface area contributed by atoms with Crippen LogP contribution >= 0.6 is 0 Å². The van der Waals surface area contributed by atoms with Crippen LogP contribution in [0.5, 0.6) is 0 Å². The zero-order chi connectivity index (χ0) is 11.2. The van der Waals surface area contributed by atoms with Crippen LogP contribution in [-0.4, -0.2) is 22.5 Å². The van der Waals surface area contributed by atoms with E-state index in [4.69, 9.17) is 0 Å². The Morgan fingerprint density at radius 1 is 1.25 bits per heavy atom. The van der Waals surface area contributed by atoms with E-state index < -0.39 is 10.8 Å². The molecule has 3 heteroatoms. The fraction of sp³-hybridized carbons (Fsp3) is 0.538. The molecule has 1 aliphatic rings. The average Bonchev–Trinajstić information content (AvgIpc) is 3.10. The van der Waals surface area contributed by atoms with Gasteiger partial charge in [0.15, 0.2) is 0 Å². The molecular weight excluding hydrogens is 218 g/mol. The monoisotopic (exact) mass is 237 g/mol. The number of nitrogens with one attached hydrogen (secondary N) is 1. The Kier molecular flexibility index (Phi) is 4.55. The van der Waals surface area contributed by atoms with Gasteiger partial charge in [-0.1, -0.05) is 30.3 Å². The summed E-state index contributed by atoms with van der Waals surface area (Å²) in [5.74, 6) is 1.51. The zero-order valence-corrected chi connectivity index (χ0v) is 10.3. The highest BCUT2D eigenvalue weighted by Gasteiger charge is 2.19. The van der Waals surface area contributed by atoms with Crippen molar-refractivity contribution in [2.75, 3.05) is 12.3 Å². The van der Waals surface area contributed by atoms with Crippen LogP contribution in [0.2, 0.25) is 0 Å². The second-order valence-electron chi connectivity index (χ2n) is 4.36. The van der Waals surface area contributed by atoms with E-state index >= 15 is 0 Å². The first-order chi connectivity index (χ1) is 7.84. The molecule has 0 amide bonds. The summed E-state index contributed by atoms with van der Waals surface area (Å²) in [6.45, 7) is 1.02. The Labute approximate surface area is 99.9 Å². The highest BCUT2D eigenvalue weighted by atomic mass is 32.2. The molecule has 1 saturated carbocycles. The summed E-state index contributed by atoms with van der Waals surface area (Å²) in [7, 11) is -0.705. The molecule has 0 spiro atoms. The van der Waals surface area contributed by atoms with Gasteiger partial charge in [0.25, 0.3) is 0 Å². The van der Waals surface area contributed by atoms with E-state index in [1.807, 2.05) is 30.3 Å².